The van der Waals surface area contributed by atoms with E-state index in [4.69, 9.17) is 5.73 Å². The van der Waals surface area contributed by atoms with Gasteiger partial charge in [0.2, 0.25) is 0 Å². The summed E-state index contributed by atoms with van der Waals surface area (Å²) in [6.45, 7) is 3.86. The lowest BCUT2D eigenvalue weighted by Gasteiger charge is -2.14. The fourth-order valence-corrected chi connectivity index (χ4v) is 2.17. The van der Waals surface area contributed by atoms with Crippen molar-refractivity contribution in [3.63, 3.8) is 0 Å². The Kier molecular flexibility index (Phi) is 3.57. The van der Waals surface area contributed by atoms with Crippen LogP contribution >= 0.6 is 15.9 Å². The van der Waals surface area contributed by atoms with Crippen LogP contribution in [0.3, 0.4) is 0 Å². The van der Waals surface area contributed by atoms with Gasteiger partial charge in [0.25, 0.3) is 0 Å². The highest BCUT2D eigenvalue weighted by Gasteiger charge is 2.07. The van der Waals surface area contributed by atoms with Crippen LogP contribution in [0.1, 0.15) is 11.1 Å². The van der Waals surface area contributed by atoms with Crippen molar-refractivity contribution < 1.29 is 4.39 Å². The minimum atomic E-state index is -0.287. The highest BCUT2D eigenvalue weighted by atomic mass is 79.9. The predicted molar refractivity (Wildman–Crippen MR) is 77.7 cm³/mol. The largest absolute Gasteiger partial charge is 0.398 e. The summed E-state index contributed by atoms with van der Waals surface area (Å²) in [6.07, 6.45) is 0. The zero-order chi connectivity index (χ0) is 13.3. The van der Waals surface area contributed by atoms with Gasteiger partial charge in [0, 0.05) is 17.1 Å². The third-order valence-electron chi connectivity index (χ3n) is 2.91. The molecule has 0 fully saturated rings. The molecule has 0 unspecified atom stereocenters. The first-order chi connectivity index (χ1) is 8.49. The zero-order valence-electron chi connectivity index (χ0n) is 10.2. The molecular formula is C14H14BrFN2. The van der Waals surface area contributed by atoms with Crippen molar-refractivity contribution in [2.75, 3.05) is 11.1 Å². The topological polar surface area (TPSA) is 38.0 Å². The zero-order valence-corrected chi connectivity index (χ0v) is 11.8. The molecule has 0 aliphatic carbocycles. The van der Waals surface area contributed by atoms with E-state index in [9.17, 15) is 4.39 Å². The Morgan fingerprint density at radius 3 is 2.61 bits per heavy atom. The van der Waals surface area contributed by atoms with Crippen molar-refractivity contribution in [2.24, 2.45) is 0 Å². The Labute approximate surface area is 114 Å². The number of hydrogen-bond acceptors (Lipinski definition) is 2. The van der Waals surface area contributed by atoms with Crippen LogP contribution in [0.15, 0.2) is 34.8 Å². The van der Waals surface area contributed by atoms with Crippen molar-refractivity contribution in [2.45, 2.75) is 13.8 Å². The number of nitrogens with two attached hydrogens (primary N) is 1. The van der Waals surface area contributed by atoms with E-state index in [-0.39, 0.29) is 5.82 Å². The first-order valence-corrected chi connectivity index (χ1v) is 6.36. The van der Waals surface area contributed by atoms with Gasteiger partial charge < -0.3 is 11.1 Å². The molecule has 0 atom stereocenters. The molecule has 2 aromatic rings. The number of rotatable bonds is 2. The van der Waals surface area contributed by atoms with Crippen molar-refractivity contribution in [3.8, 4) is 0 Å². The fraction of sp³-hybridized carbons (Fsp3) is 0.143. The van der Waals surface area contributed by atoms with Gasteiger partial charge in [-0.1, -0.05) is 6.07 Å². The smallest absolute Gasteiger partial charge is 0.139 e. The number of hydrogen-bond donors (Lipinski definition) is 2. The second-order valence-electron chi connectivity index (χ2n) is 4.23. The van der Waals surface area contributed by atoms with Gasteiger partial charge in [0.15, 0.2) is 0 Å². The summed E-state index contributed by atoms with van der Waals surface area (Å²) in [5.41, 5.74) is 10.1. The van der Waals surface area contributed by atoms with Crippen LogP contribution in [0.4, 0.5) is 21.5 Å². The third-order valence-corrected chi connectivity index (χ3v) is 3.52. The predicted octanol–water partition coefficient (Wildman–Crippen LogP) is 4.53. The Bertz CT molecular complexity index is 597. The molecular weight excluding hydrogens is 295 g/mol. The van der Waals surface area contributed by atoms with Gasteiger partial charge in [-0.15, -0.1) is 0 Å². The van der Waals surface area contributed by atoms with Crippen molar-refractivity contribution in [1.82, 2.24) is 0 Å². The number of nitrogen functional groups attached to an aromatic ring is 1. The summed E-state index contributed by atoms with van der Waals surface area (Å²) in [4.78, 5) is 0. The molecule has 94 valence electrons. The fourth-order valence-electron chi connectivity index (χ4n) is 1.71. The van der Waals surface area contributed by atoms with Gasteiger partial charge >= 0.3 is 0 Å². The molecule has 0 aliphatic heterocycles. The Balaban J connectivity index is 2.40. The van der Waals surface area contributed by atoms with Crippen LogP contribution in [0.25, 0.3) is 0 Å². The van der Waals surface area contributed by atoms with Crippen LogP contribution in [-0.2, 0) is 0 Å². The number of aryl methyl sites for hydroxylation is 1. The van der Waals surface area contributed by atoms with E-state index in [1.165, 1.54) is 6.07 Å². The molecule has 2 nitrogen and oxygen atoms in total. The van der Waals surface area contributed by atoms with Crippen LogP contribution in [-0.4, -0.2) is 0 Å². The van der Waals surface area contributed by atoms with Crippen LogP contribution in [0, 0.1) is 19.7 Å². The molecule has 0 saturated heterocycles. The molecule has 0 bridgehead atoms. The van der Waals surface area contributed by atoms with Gasteiger partial charge in [-0.3, -0.25) is 0 Å². The molecule has 0 amide bonds. The molecule has 18 heavy (non-hydrogen) atoms. The highest BCUT2D eigenvalue weighted by molar-refractivity contribution is 9.10. The normalized spacial score (nSPS) is 10.4. The van der Waals surface area contributed by atoms with Crippen molar-refractivity contribution >= 4 is 33.0 Å². The summed E-state index contributed by atoms with van der Waals surface area (Å²) in [7, 11) is 0. The van der Waals surface area contributed by atoms with Crippen LogP contribution < -0.4 is 11.1 Å². The van der Waals surface area contributed by atoms with E-state index in [1.807, 2.05) is 32.0 Å². The first-order valence-electron chi connectivity index (χ1n) is 5.57. The van der Waals surface area contributed by atoms with Gasteiger partial charge in [-0.25, -0.2) is 4.39 Å². The number of halogens is 2. The molecule has 2 rings (SSSR count). The van der Waals surface area contributed by atoms with E-state index in [0.717, 1.165) is 28.2 Å². The van der Waals surface area contributed by atoms with E-state index >= 15 is 0 Å². The number of benzene rings is 2. The molecule has 4 heteroatoms. The SMILES string of the molecule is Cc1cc(Br)c(F)cc1Nc1cccc(N)c1C. The molecule has 2 aromatic carbocycles. The quantitative estimate of drug-likeness (QED) is 0.800. The lowest BCUT2D eigenvalue weighted by molar-refractivity contribution is 0.621. The Morgan fingerprint density at radius 2 is 1.89 bits per heavy atom. The minimum Gasteiger partial charge on any atom is -0.398 e. The first kappa shape index (κ1) is 12.9. The number of nitrogens with one attached hydrogen (secondary N) is 1. The maximum atomic E-state index is 13.5. The van der Waals surface area contributed by atoms with E-state index < -0.39 is 0 Å². The second-order valence-corrected chi connectivity index (χ2v) is 5.08. The molecule has 0 radical (unpaired) electrons. The monoisotopic (exact) mass is 308 g/mol. The molecule has 0 aliphatic rings. The van der Waals surface area contributed by atoms with Crippen molar-refractivity contribution in [1.29, 1.82) is 0 Å². The minimum absolute atomic E-state index is 0.287. The summed E-state index contributed by atoms with van der Waals surface area (Å²) >= 11 is 3.17. The van der Waals surface area contributed by atoms with Crippen molar-refractivity contribution in [3.05, 3.63) is 51.7 Å². The molecule has 0 aromatic heterocycles. The summed E-state index contributed by atoms with van der Waals surface area (Å²) < 4.78 is 14.0. The molecule has 3 N–H and O–H groups in total. The second kappa shape index (κ2) is 4.98. The van der Waals surface area contributed by atoms with Gasteiger partial charge in [-0.05, 0) is 65.2 Å². The Hall–Kier alpha value is -1.55. The summed E-state index contributed by atoms with van der Waals surface area (Å²) in [5, 5.41) is 3.21. The summed E-state index contributed by atoms with van der Waals surface area (Å²) in [6, 6.07) is 8.86. The maximum Gasteiger partial charge on any atom is 0.139 e. The maximum absolute atomic E-state index is 13.5. The standard InChI is InChI=1S/C14H14BrFN2/c1-8-6-10(15)11(16)7-14(8)18-13-5-3-4-12(17)9(13)2/h3-7,18H,17H2,1-2H3. The van der Waals surface area contributed by atoms with E-state index in [0.29, 0.717) is 4.47 Å². The van der Waals surface area contributed by atoms with Crippen LogP contribution in [0.2, 0.25) is 0 Å². The van der Waals surface area contributed by atoms with Gasteiger partial charge in [0.1, 0.15) is 5.82 Å². The lowest BCUT2D eigenvalue weighted by Crippen LogP contribution is -1.99. The molecule has 0 heterocycles. The third kappa shape index (κ3) is 2.48. The molecule has 0 saturated carbocycles. The number of anilines is 3. The average Bonchev–Trinajstić information content (AvgIpc) is 2.32. The molecule has 0 spiro atoms. The van der Waals surface area contributed by atoms with Gasteiger partial charge in [0.05, 0.1) is 4.47 Å². The van der Waals surface area contributed by atoms with E-state index in [1.54, 1.807) is 6.07 Å². The average molecular weight is 309 g/mol. The van der Waals surface area contributed by atoms with Gasteiger partial charge in [-0.2, -0.15) is 0 Å². The summed E-state index contributed by atoms with van der Waals surface area (Å²) in [5.74, 6) is -0.287. The highest BCUT2D eigenvalue weighted by Crippen LogP contribution is 2.29. The Morgan fingerprint density at radius 1 is 1.17 bits per heavy atom. The van der Waals surface area contributed by atoms with Crippen LogP contribution in [0.5, 0.6) is 0 Å². The lowest BCUT2D eigenvalue weighted by atomic mass is 10.1. The van der Waals surface area contributed by atoms with E-state index in [2.05, 4.69) is 21.2 Å².